The minimum absolute atomic E-state index is 0.0434. The van der Waals surface area contributed by atoms with Crippen LogP contribution in [0.1, 0.15) is 54.5 Å². The summed E-state index contributed by atoms with van der Waals surface area (Å²) in [6.07, 6.45) is 2.77. The molecule has 4 rings (SSSR count). The minimum Gasteiger partial charge on any atom is -0.338 e. The molecular formula is C24H28N4O3. The van der Waals surface area contributed by atoms with Gasteiger partial charge in [0.1, 0.15) is 0 Å². The van der Waals surface area contributed by atoms with Gasteiger partial charge in [0.05, 0.1) is 6.04 Å². The zero-order valence-corrected chi connectivity index (χ0v) is 17.7. The van der Waals surface area contributed by atoms with Crippen molar-refractivity contribution in [3.63, 3.8) is 0 Å². The number of rotatable bonds is 6. The summed E-state index contributed by atoms with van der Waals surface area (Å²) in [5.41, 5.74) is 5.02. The van der Waals surface area contributed by atoms with Crippen molar-refractivity contribution in [3.8, 4) is 0 Å². The highest BCUT2D eigenvalue weighted by Crippen LogP contribution is 2.26. The van der Waals surface area contributed by atoms with Crippen LogP contribution < -0.4 is 16.0 Å². The summed E-state index contributed by atoms with van der Waals surface area (Å²) in [6, 6.07) is 13.4. The average Bonchev–Trinajstić information content (AvgIpc) is 3.16. The van der Waals surface area contributed by atoms with Gasteiger partial charge in [-0.05, 0) is 48.1 Å². The summed E-state index contributed by atoms with van der Waals surface area (Å²) in [5.74, 6) is 0.253. The van der Waals surface area contributed by atoms with E-state index < -0.39 is 0 Å². The summed E-state index contributed by atoms with van der Waals surface area (Å²) < 4.78 is 0. The van der Waals surface area contributed by atoms with Crippen LogP contribution in [-0.4, -0.2) is 29.3 Å². The summed E-state index contributed by atoms with van der Waals surface area (Å²) >= 11 is 0. The van der Waals surface area contributed by atoms with Crippen LogP contribution in [0.2, 0.25) is 0 Å². The maximum absolute atomic E-state index is 12.4. The molecule has 1 unspecified atom stereocenters. The molecule has 1 atom stereocenters. The van der Waals surface area contributed by atoms with Crippen molar-refractivity contribution in [1.82, 2.24) is 15.5 Å². The summed E-state index contributed by atoms with van der Waals surface area (Å²) in [6.45, 7) is 3.79. The number of fused-ring (bicyclic) bond motifs is 1. The van der Waals surface area contributed by atoms with Crippen molar-refractivity contribution in [2.75, 3.05) is 11.9 Å². The molecule has 2 heterocycles. The van der Waals surface area contributed by atoms with E-state index in [1.807, 2.05) is 54.3 Å². The number of nitrogens with one attached hydrogen (secondary N) is 3. The molecule has 1 fully saturated rings. The van der Waals surface area contributed by atoms with Gasteiger partial charge in [-0.3, -0.25) is 9.59 Å². The highest BCUT2D eigenvalue weighted by atomic mass is 16.2. The molecule has 2 aromatic rings. The molecule has 0 aromatic heterocycles. The fourth-order valence-corrected chi connectivity index (χ4v) is 4.12. The van der Waals surface area contributed by atoms with Crippen LogP contribution in [0.3, 0.4) is 0 Å². The van der Waals surface area contributed by atoms with E-state index in [2.05, 4.69) is 16.0 Å². The molecule has 2 aliphatic rings. The molecule has 2 aliphatic heterocycles. The zero-order valence-electron chi connectivity index (χ0n) is 17.7. The maximum atomic E-state index is 12.4. The Morgan fingerprint density at radius 3 is 2.74 bits per heavy atom. The fraction of sp³-hybridized carbons (Fsp3) is 0.375. The molecule has 0 saturated carbocycles. The Bertz CT molecular complexity index is 1000. The van der Waals surface area contributed by atoms with E-state index in [0.29, 0.717) is 32.4 Å². The van der Waals surface area contributed by atoms with Crippen molar-refractivity contribution in [1.29, 1.82) is 0 Å². The van der Waals surface area contributed by atoms with Crippen LogP contribution >= 0.6 is 0 Å². The number of anilines is 1. The lowest BCUT2D eigenvalue weighted by molar-refractivity contribution is -0.128. The Balaban J connectivity index is 1.29. The Kier molecular flexibility index (Phi) is 6.21. The molecule has 0 aliphatic carbocycles. The van der Waals surface area contributed by atoms with Crippen LogP contribution in [0.15, 0.2) is 42.5 Å². The lowest BCUT2D eigenvalue weighted by Gasteiger charge is -2.20. The second-order valence-corrected chi connectivity index (χ2v) is 8.25. The van der Waals surface area contributed by atoms with Crippen molar-refractivity contribution < 1.29 is 14.4 Å². The first-order valence-corrected chi connectivity index (χ1v) is 10.8. The van der Waals surface area contributed by atoms with E-state index in [0.717, 1.165) is 40.9 Å². The molecule has 1 saturated heterocycles. The highest BCUT2D eigenvalue weighted by molar-refractivity contribution is 5.93. The van der Waals surface area contributed by atoms with Crippen LogP contribution in [0.5, 0.6) is 0 Å². The molecule has 0 spiro atoms. The predicted molar refractivity (Wildman–Crippen MR) is 118 cm³/mol. The smallest absolute Gasteiger partial charge is 0.315 e. The molecule has 7 heteroatoms. The first-order valence-electron chi connectivity index (χ1n) is 10.8. The number of aryl methyl sites for hydroxylation is 1. The molecule has 162 valence electrons. The molecule has 7 nitrogen and oxygen atoms in total. The third kappa shape index (κ3) is 5.23. The van der Waals surface area contributed by atoms with Gasteiger partial charge >= 0.3 is 6.03 Å². The van der Waals surface area contributed by atoms with E-state index in [4.69, 9.17) is 0 Å². The number of urea groups is 1. The molecule has 31 heavy (non-hydrogen) atoms. The van der Waals surface area contributed by atoms with Gasteiger partial charge in [0.15, 0.2) is 0 Å². The average molecular weight is 421 g/mol. The first kappa shape index (κ1) is 20.9. The van der Waals surface area contributed by atoms with Gasteiger partial charge in [-0.15, -0.1) is 0 Å². The van der Waals surface area contributed by atoms with Crippen LogP contribution in [0.25, 0.3) is 0 Å². The lowest BCUT2D eigenvalue weighted by atomic mass is 9.98. The molecule has 0 radical (unpaired) electrons. The number of carbonyl (C=O) groups is 3. The second-order valence-electron chi connectivity index (χ2n) is 8.25. The molecule has 0 bridgehead atoms. The standard InChI is InChI=1S/C24H28N4O3/c1-16(19-7-9-21-20(13-19)8-10-22(29)27-21)26-24(31)25-14-17-4-2-5-18(12-17)15-28-11-3-6-23(28)30/h2,4-5,7,9,12-13,16H,3,6,8,10-11,14-15H2,1H3,(H,27,29)(H2,25,26,31). The van der Waals surface area contributed by atoms with Gasteiger partial charge < -0.3 is 20.9 Å². The van der Waals surface area contributed by atoms with Gasteiger partial charge in [-0.1, -0.05) is 36.4 Å². The summed E-state index contributed by atoms with van der Waals surface area (Å²) in [7, 11) is 0. The Morgan fingerprint density at radius 1 is 1.10 bits per heavy atom. The number of nitrogens with zero attached hydrogens (tertiary/aromatic N) is 1. The molecule has 2 aromatic carbocycles. The van der Waals surface area contributed by atoms with Crippen molar-refractivity contribution in [3.05, 3.63) is 64.7 Å². The SMILES string of the molecule is CC(NC(=O)NCc1cccc(CN2CCCC2=O)c1)c1ccc2c(c1)CCC(=O)N2. The van der Waals surface area contributed by atoms with Crippen molar-refractivity contribution in [2.24, 2.45) is 0 Å². The number of benzene rings is 2. The predicted octanol–water partition coefficient (Wildman–Crippen LogP) is 3.25. The second kappa shape index (κ2) is 9.20. The van der Waals surface area contributed by atoms with E-state index in [9.17, 15) is 14.4 Å². The largest absolute Gasteiger partial charge is 0.338 e. The van der Waals surface area contributed by atoms with Gasteiger partial charge in [-0.25, -0.2) is 4.79 Å². The molecular weight excluding hydrogens is 392 g/mol. The number of hydrogen-bond donors (Lipinski definition) is 3. The van der Waals surface area contributed by atoms with E-state index >= 15 is 0 Å². The molecule has 3 N–H and O–H groups in total. The topological polar surface area (TPSA) is 90.5 Å². The van der Waals surface area contributed by atoms with Crippen LogP contribution in [0, 0.1) is 0 Å². The Labute approximate surface area is 182 Å². The normalized spacial score (nSPS) is 16.5. The van der Waals surface area contributed by atoms with Crippen LogP contribution in [0.4, 0.5) is 10.5 Å². The van der Waals surface area contributed by atoms with E-state index in [-0.39, 0.29) is 23.9 Å². The van der Waals surface area contributed by atoms with Gasteiger partial charge in [-0.2, -0.15) is 0 Å². The minimum atomic E-state index is -0.237. The van der Waals surface area contributed by atoms with E-state index in [1.165, 1.54) is 0 Å². The maximum Gasteiger partial charge on any atom is 0.315 e. The van der Waals surface area contributed by atoms with E-state index in [1.54, 1.807) is 0 Å². The summed E-state index contributed by atoms with van der Waals surface area (Å²) in [5, 5.41) is 8.76. The van der Waals surface area contributed by atoms with Crippen LogP contribution in [-0.2, 0) is 29.1 Å². The van der Waals surface area contributed by atoms with Gasteiger partial charge in [0.25, 0.3) is 0 Å². The summed E-state index contributed by atoms with van der Waals surface area (Å²) in [4.78, 5) is 37.6. The van der Waals surface area contributed by atoms with Crippen molar-refractivity contribution in [2.45, 2.75) is 51.7 Å². The fourth-order valence-electron chi connectivity index (χ4n) is 4.12. The number of carbonyl (C=O) groups excluding carboxylic acids is 3. The zero-order chi connectivity index (χ0) is 21.8. The highest BCUT2D eigenvalue weighted by Gasteiger charge is 2.20. The van der Waals surface area contributed by atoms with Gasteiger partial charge in [0, 0.05) is 38.2 Å². The third-order valence-electron chi connectivity index (χ3n) is 5.86. The van der Waals surface area contributed by atoms with Gasteiger partial charge in [0.2, 0.25) is 11.8 Å². The molecule has 4 amide bonds. The quantitative estimate of drug-likeness (QED) is 0.670. The van der Waals surface area contributed by atoms with Crippen molar-refractivity contribution >= 4 is 23.5 Å². The number of likely N-dealkylation sites (tertiary alicyclic amines) is 1. The lowest BCUT2D eigenvalue weighted by Crippen LogP contribution is -2.36. The Hall–Kier alpha value is -3.35. The number of amides is 4. The number of hydrogen-bond acceptors (Lipinski definition) is 3. The first-order chi connectivity index (χ1) is 15.0. The third-order valence-corrected chi connectivity index (χ3v) is 5.86. The monoisotopic (exact) mass is 420 g/mol. The Morgan fingerprint density at radius 2 is 1.94 bits per heavy atom.